The standard InChI is InChI=1S/C46H26O/c1-2-8-36-33(5-1)26-43-46-38(36)9-4-10-39(46)41-25-32(19-22-42(41)47-43)31-15-11-27-12-16-34(24-35(27)23-31)37-20-17-30-14-13-28-6-3-7-29-18-21-40(37)45(30)44(28)29/h1-26H/i3D,6D,7D,13D,14D,17D,18D,20D,21D. The topological polar surface area (TPSA) is 9.23 Å². The predicted molar refractivity (Wildman–Crippen MR) is 199 cm³/mol. The molecular formula is C46H26O. The molecule has 0 fully saturated rings. The highest BCUT2D eigenvalue weighted by Gasteiger charge is 2.22. The van der Waals surface area contributed by atoms with Crippen molar-refractivity contribution in [1.29, 1.82) is 0 Å². The third-order valence-corrected chi connectivity index (χ3v) is 9.61. The Morgan fingerprint density at radius 3 is 2.00 bits per heavy atom. The summed E-state index contributed by atoms with van der Waals surface area (Å²) in [6, 6.07) is 31.4. The smallest absolute Gasteiger partial charge is 0.136 e. The van der Waals surface area contributed by atoms with E-state index in [0.29, 0.717) is 5.56 Å². The molecule has 1 nitrogen and oxygen atoms in total. The average molecular weight is 604 g/mol. The lowest BCUT2D eigenvalue weighted by atomic mass is 9.89. The molecule has 0 bridgehead atoms. The van der Waals surface area contributed by atoms with Gasteiger partial charge in [-0.25, -0.2) is 0 Å². The Balaban J connectivity index is 1.12. The Labute approximate surface area is 283 Å². The number of hydrogen-bond donors (Lipinski definition) is 0. The van der Waals surface area contributed by atoms with Crippen LogP contribution in [0.3, 0.4) is 0 Å². The molecule has 1 aliphatic rings. The maximum absolute atomic E-state index is 9.23. The van der Waals surface area contributed by atoms with Crippen LogP contribution in [0.2, 0.25) is 0 Å². The van der Waals surface area contributed by atoms with Gasteiger partial charge in [0, 0.05) is 10.9 Å². The van der Waals surface area contributed by atoms with Gasteiger partial charge in [0.25, 0.3) is 0 Å². The molecule has 0 radical (unpaired) electrons. The summed E-state index contributed by atoms with van der Waals surface area (Å²) in [6.07, 6.45) is 0. The van der Waals surface area contributed by atoms with Crippen LogP contribution in [0.25, 0.3) is 98.0 Å². The zero-order chi connectivity index (χ0) is 38.5. The fraction of sp³-hybridized carbons (Fsp3) is 0. The lowest BCUT2D eigenvalue weighted by Gasteiger charge is -2.23. The van der Waals surface area contributed by atoms with Gasteiger partial charge in [0.15, 0.2) is 0 Å². The summed E-state index contributed by atoms with van der Waals surface area (Å²) in [5, 5.41) is 6.61. The maximum Gasteiger partial charge on any atom is 0.136 e. The minimum Gasteiger partial charge on any atom is -0.456 e. The molecule has 10 aromatic rings. The van der Waals surface area contributed by atoms with E-state index < -0.39 is 24.2 Å². The van der Waals surface area contributed by atoms with Crippen molar-refractivity contribution in [2.75, 3.05) is 0 Å². The van der Waals surface area contributed by atoms with Crippen LogP contribution in [-0.2, 0) is 0 Å². The Hall–Kier alpha value is -6.18. The fourth-order valence-electron chi connectivity index (χ4n) is 7.42. The molecule has 0 unspecified atom stereocenters. The van der Waals surface area contributed by atoms with E-state index in [0.717, 1.165) is 60.7 Å². The molecule has 10 aromatic carbocycles. The number of ether oxygens (including phenoxy) is 1. The van der Waals surface area contributed by atoms with Gasteiger partial charge >= 0.3 is 0 Å². The lowest BCUT2D eigenvalue weighted by Crippen LogP contribution is -1.98. The molecular weight excluding hydrogens is 569 g/mol. The van der Waals surface area contributed by atoms with Crippen molar-refractivity contribution >= 4 is 64.6 Å². The molecule has 0 spiro atoms. The van der Waals surface area contributed by atoms with Crippen LogP contribution in [-0.4, -0.2) is 0 Å². The zero-order valence-electron chi connectivity index (χ0n) is 33.7. The first-order chi connectivity index (χ1) is 27.0. The second kappa shape index (κ2) is 9.19. The highest BCUT2D eigenvalue weighted by atomic mass is 16.5. The highest BCUT2D eigenvalue weighted by Crippen LogP contribution is 2.49. The minimum absolute atomic E-state index is 0.0350. The molecule has 47 heavy (non-hydrogen) atoms. The third-order valence-electron chi connectivity index (χ3n) is 9.61. The van der Waals surface area contributed by atoms with Crippen LogP contribution in [0.15, 0.2) is 158 Å². The summed E-state index contributed by atoms with van der Waals surface area (Å²) in [4.78, 5) is 0. The molecule has 0 aliphatic carbocycles. The van der Waals surface area contributed by atoms with E-state index in [1.807, 2.05) is 42.5 Å². The first-order valence-electron chi connectivity index (χ1n) is 20.0. The Bertz CT molecular complexity index is 3420. The largest absolute Gasteiger partial charge is 0.456 e. The van der Waals surface area contributed by atoms with Crippen LogP contribution in [0, 0.1) is 0 Å². The van der Waals surface area contributed by atoms with Gasteiger partial charge < -0.3 is 4.74 Å². The summed E-state index contributed by atoms with van der Waals surface area (Å²) in [5.74, 6) is 1.61. The minimum atomic E-state index is -0.489. The summed E-state index contributed by atoms with van der Waals surface area (Å²) in [5.41, 5.74) is 4.77. The normalized spacial score (nSPS) is 15.1. The summed E-state index contributed by atoms with van der Waals surface area (Å²) >= 11 is 0. The van der Waals surface area contributed by atoms with Crippen molar-refractivity contribution in [3.8, 4) is 44.9 Å². The maximum atomic E-state index is 9.23. The molecule has 0 saturated heterocycles. The lowest BCUT2D eigenvalue weighted by molar-refractivity contribution is 0.488. The zero-order valence-corrected chi connectivity index (χ0v) is 24.7. The van der Waals surface area contributed by atoms with Crippen molar-refractivity contribution < 1.29 is 17.1 Å². The quantitative estimate of drug-likeness (QED) is 0.179. The molecule has 0 aromatic heterocycles. The van der Waals surface area contributed by atoms with Crippen molar-refractivity contribution in [3.05, 3.63) is 158 Å². The van der Waals surface area contributed by atoms with Gasteiger partial charge in [-0.1, -0.05) is 127 Å². The first kappa shape index (κ1) is 18.1. The SMILES string of the molecule is [2H]c1c([2H])c2c([2H])c([2H])c3c([2H])c([2H])c(-c4ccc5ccc(-c6ccc7c(c6)-c6cccc8c6c(cc6ccccc68)O7)cc5c4)c4c([2H])c([2H])c(c1[2H])c2c34. The molecule has 216 valence electrons. The van der Waals surface area contributed by atoms with Crippen molar-refractivity contribution in [3.63, 3.8) is 0 Å². The van der Waals surface area contributed by atoms with Crippen molar-refractivity contribution in [2.45, 2.75) is 0 Å². The second-order valence-corrected chi connectivity index (χ2v) is 12.2. The van der Waals surface area contributed by atoms with Crippen molar-refractivity contribution in [2.24, 2.45) is 0 Å². The number of rotatable bonds is 2. The molecule has 11 rings (SSSR count). The summed E-state index contributed by atoms with van der Waals surface area (Å²) < 4.78 is 86.4. The first-order valence-corrected chi connectivity index (χ1v) is 15.5. The van der Waals surface area contributed by atoms with Gasteiger partial charge in [-0.15, -0.1) is 0 Å². The van der Waals surface area contributed by atoms with E-state index in [2.05, 4.69) is 60.7 Å². The molecule has 0 amide bonds. The van der Waals surface area contributed by atoms with Crippen LogP contribution in [0.5, 0.6) is 11.5 Å². The monoisotopic (exact) mass is 603 g/mol. The van der Waals surface area contributed by atoms with Gasteiger partial charge in [0.2, 0.25) is 0 Å². The van der Waals surface area contributed by atoms with E-state index in [-0.39, 0.29) is 68.1 Å². The van der Waals surface area contributed by atoms with Gasteiger partial charge in [-0.2, -0.15) is 0 Å². The Morgan fingerprint density at radius 2 is 1.09 bits per heavy atom. The molecule has 0 atom stereocenters. The molecule has 1 heteroatoms. The predicted octanol–water partition coefficient (Wildman–Crippen LogP) is 13.2. The van der Waals surface area contributed by atoms with E-state index in [1.165, 1.54) is 5.39 Å². The Morgan fingerprint density at radius 1 is 0.362 bits per heavy atom. The van der Waals surface area contributed by atoms with Gasteiger partial charge in [-0.05, 0) is 117 Å². The van der Waals surface area contributed by atoms with Gasteiger partial charge in [-0.3, -0.25) is 0 Å². The van der Waals surface area contributed by atoms with Crippen LogP contribution in [0.4, 0.5) is 0 Å². The average Bonchev–Trinajstić information content (AvgIpc) is 3.21. The van der Waals surface area contributed by atoms with E-state index in [1.54, 1.807) is 0 Å². The molecule has 0 N–H and O–H groups in total. The van der Waals surface area contributed by atoms with E-state index in [9.17, 15) is 2.74 Å². The Kier molecular flexibility index (Phi) is 3.54. The molecule has 1 aliphatic heterocycles. The molecule has 0 saturated carbocycles. The van der Waals surface area contributed by atoms with E-state index >= 15 is 0 Å². The molecule has 1 heterocycles. The number of hydrogen-bond acceptors (Lipinski definition) is 1. The van der Waals surface area contributed by atoms with Gasteiger partial charge in [0.05, 0.1) is 12.3 Å². The number of benzene rings is 10. The van der Waals surface area contributed by atoms with Crippen LogP contribution < -0.4 is 4.74 Å². The summed E-state index contributed by atoms with van der Waals surface area (Å²) in [7, 11) is 0. The van der Waals surface area contributed by atoms with Gasteiger partial charge in [0.1, 0.15) is 11.5 Å². The second-order valence-electron chi connectivity index (χ2n) is 12.2. The number of fused-ring (bicyclic) bond motifs is 5. The van der Waals surface area contributed by atoms with Crippen molar-refractivity contribution in [1.82, 2.24) is 0 Å². The fourth-order valence-corrected chi connectivity index (χ4v) is 7.42. The van der Waals surface area contributed by atoms with Crippen LogP contribution >= 0.6 is 0 Å². The third kappa shape index (κ3) is 3.54. The van der Waals surface area contributed by atoms with E-state index in [4.69, 9.17) is 14.3 Å². The van der Waals surface area contributed by atoms with Crippen LogP contribution in [0.1, 0.15) is 12.3 Å². The summed E-state index contributed by atoms with van der Waals surface area (Å²) in [6.45, 7) is 0. The highest BCUT2D eigenvalue weighted by molar-refractivity contribution is 6.25.